The summed E-state index contributed by atoms with van der Waals surface area (Å²) < 4.78 is 0. The van der Waals surface area contributed by atoms with Crippen molar-refractivity contribution in [2.75, 3.05) is 6.54 Å². The minimum atomic E-state index is -0.520. The minimum absolute atomic E-state index is 0.0180. The summed E-state index contributed by atoms with van der Waals surface area (Å²) in [4.78, 5) is 23.9. The van der Waals surface area contributed by atoms with Gasteiger partial charge in [-0.2, -0.15) is 0 Å². The van der Waals surface area contributed by atoms with Gasteiger partial charge in [-0.15, -0.1) is 0 Å². The molecule has 0 radical (unpaired) electrons. The first-order valence-corrected chi connectivity index (χ1v) is 8.72. The third-order valence-electron chi connectivity index (χ3n) is 6.08. The fourth-order valence-corrected chi connectivity index (χ4v) is 5.70. The van der Waals surface area contributed by atoms with E-state index in [4.69, 9.17) is 0 Å². The zero-order valence-electron chi connectivity index (χ0n) is 13.1. The molecule has 5 heteroatoms. The lowest BCUT2D eigenvalue weighted by Crippen LogP contribution is -2.56. The van der Waals surface area contributed by atoms with Crippen molar-refractivity contribution in [3.05, 3.63) is 0 Å². The summed E-state index contributed by atoms with van der Waals surface area (Å²) in [5.74, 6) is 1.07. The molecule has 0 aromatic heterocycles. The van der Waals surface area contributed by atoms with Crippen molar-refractivity contribution in [1.82, 2.24) is 10.6 Å². The van der Waals surface area contributed by atoms with E-state index in [0.717, 1.165) is 44.9 Å². The number of amides is 2. The van der Waals surface area contributed by atoms with E-state index in [1.54, 1.807) is 0 Å². The second kappa shape index (κ2) is 4.95. The maximum Gasteiger partial charge on any atom is 0.239 e. The minimum Gasteiger partial charge on any atom is -0.390 e. The topological polar surface area (TPSA) is 78.4 Å². The number of rotatable bonds is 5. The lowest BCUT2D eigenvalue weighted by molar-refractivity contribution is -0.169. The largest absolute Gasteiger partial charge is 0.390 e. The number of hydrogen-bond acceptors (Lipinski definition) is 3. The normalized spacial score (nSPS) is 42.2. The van der Waals surface area contributed by atoms with Crippen LogP contribution in [0.4, 0.5) is 0 Å². The Morgan fingerprint density at radius 1 is 1.05 bits per heavy atom. The summed E-state index contributed by atoms with van der Waals surface area (Å²) in [6, 6.07) is 0.335. The van der Waals surface area contributed by atoms with Crippen LogP contribution in [0, 0.1) is 17.3 Å². The van der Waals surface area contributed by atoms with E-state index in [-0.39, 0.29) is 23.8 Å². The molecule has 3 N–H and O–H groups in total. The van der Waals surface area contributed by atoms with Crippen molar-refractivity contribution in [3.8, 4) is 0 Å². The second-order valence-corrected chi connectivity index (χ2v) is 8.48. The third kappa shape index (κ3) is 2.87. The Morgan fingerprint density at radius 3 is 2.32 bits per heavy atom. The highest BCUT2D eigenvalue weighted by Gasteiger charge is 2.57. The molecule has 5 saturated carbocycles. The predicted molar refractivity (Wildman–Crippen MR) is 80.9 cm³/mol. The third-order valence-corrected chi connectivity index (χ3v) is 6.08. The van der Waals surface area contributed by atoms with Gasteiger partial charge in [-0.3, -0.25) is 9.59 Å². The lowest BCUT2D eigenvalue weighted by Gasteiger charge is -2.60. The van der Waals surface area contributed by atoms with E-state index in [2.05, 4.69) is 10.6 Å². The molecule has 0 spiro atoms. The Hall–Kier alpha value is -1.10. The smallest absolute Gasteiger partial charge is 0.239 e. The average Bonchev–Trinajstić information content (AvgIpc) is 3.16. The van der Waals surface area contributed by atoms with Crippen LogP contribution in [0.15, 0.2) is 0 Å². The van der Waals surface area contributed by atoms with E-state index in [1.807, 2.05) is 0 Å². The summed E-state index contributed by atoms with van der Waals surface area (Å²) in [6.07, 6.45) is 8.60. The fourth-order valence-electron chi connectivity index (χ4n) is 5.70. The Morgan fingerprint density at radius 2 is 1.73 bits per heavy atom. The molecule has 0 saturated heterocycles. The van der Waals surface area contributed by atoms with Gasteiger partial charge in [0.25, 0.3) is 0 Å². The van der Waals surface area contributed by atoms with E-state index in [1.165, 1.54) is 6.42 Å². The van der Waals surface area contributed by atoms with Crippen molar-refractivity contribution in [3.63, 3.8) is 0 Å². The highest BCUT2D eigenvalue weighted by Crippen LogP contribution is 2.62. The fraction of sp³-hybridized carbons (Fsp3) is 0.882. The van der Waals surface area contributed by atoms with Crippen LogP contribution in [0.3, 0.4) is 0 Å². The Balaban J connectivity index is 1.32. The maximum absolute atomic E-state index is 12.3. The Bertz CT molecular complexity index is 486. The first kappa shape index (κ1) is 14.5. The summed E-state index contributed by atoms with van der Waals surface area (Å²) in [6.45, 7) is 0.0859. The number of carbonyl (C=O) groups is 2. The summed E-state index contributed by atoms with van der Waals surface area (Å²) in [7, 11) is 0. The molecule has 0 aromatic carbocycles. The van der Waals surface area contributed by atoms with Crippen molar-refractivity contribution in [2.45, 2.75) is 69.4 Å². The van der Waals surface area contributed by atoms with Gasteiger partial charge in [-0.05, 0) is 68.6 Å². The standard InChI is InChI=1S/C17H26N2O3/c20-14(18-9-15(21)19-13-1-2-13)8-16-4-11-3-12(5-16)7-17(22,6-11)10-16/h11-13,22H,1-10H2,(H,18,20)(H,19,21)/t11-,12+,16?,17?. The van der Waals surface area contributed by atoms with Crippen LogP contribution >= 0.6 is 0 Å². The molecule has 0 aliphatic heterocycles. The quantitative estimate of drug-likeness (QED) is 0.712. The first-order valence-electron chi connectivity index (χ1n) is 8.72. The van der Waals surface area contributed by atoms with Crippen LogP contribution in [-0.4, -0.2) is 35.1 Å². The Labute approximate surface area is 131 Å². The van der Waals surface area contributed by atoms with E-state index >= 15 is 0 Å². The molecule has 122 valence electrons. The molecular weight excluding hydrogens is 280 g/mol. The van der Waals surface area contributed by atoms with Crippen LogP contribution in [0.25, 0.3) is 0 Å². The zero-order chi connectivity index (χ0) is 15.4. The van der Waals surface area contributed by atoms with Crippen LogP contribution in [0.5, 0.6) is 0 Å². The predicted octanol–water partition coefficient (Wildman–Crippen LogP) is 1.10. The molecule has 5 nitrogen and oxygen atoms in total. The van der Waals surface area contributed by atoms with Crippen molar-refractivity contribution in [2.24, 2.45) is 17.3 Å². The summed E-state index contributed by atoms with van der Waals surface area (Å²) >= 11 is 0. The molecule has 5 aliphatic rings. The van der Waals surface area contributed by atoms with Gasteiger partial charge in [0.2, 0.25) is 11.8 Å². The van der Waals surface area contributed by atoms with Crippen LogP contribution in [0.1, 0.15) is 57.8 Å². The van der Waals surface area contributed by atoms with Crippen LogP contribution in [0.2, 0.25) is 0 Å². The number of carbonyl (C=O) groups excluding carboxylic acids is 2. The highest BCUT2D eigenvalue weighted by molar-refractivity contribution is 5.85. The van der Waals surface area contributed by atoms with Gasteiger partial charge in [0, 0.05) is 12.5 Å². The van der Waals surface area contributed by atoms with E-state index in [0.29, 0.717) is 24.3 Å². The molecular formula is C17H26N2O3. The Kier molecular flexibility index (Phi) is 3.26. The van der Waals surface area contributed by atoms with Gasteiger partial charge in [-0.1, -0.05) is 0 Å². The lowest BCUT2D eigenvalue weighted by atomic mass is 9.47. The summed E-state index contributed by atoms with van der Waals surface area (Å²) in [5, 5.41) is 16.4. The maximum atomic E-state index is 12.3. The molecule has 22 heavy (non-hydrogen) atoms. The van der Waals surface area contributed by atoms with Gasteiger partial charge in [0.1, 0.15) is 0 Å². The van der Waals surface area contributed by atoms with Gasteiger partial charge in [-0.25, -0.2) is 0 Å². The SMILES string of the molecule is O=C(CC12C[C@@H]3C[C@@H](CC(O)(C3)C1)C2)NCC(=O)NC1CC1. The van der Waals surface area contributed by atoms with Crippen molar-refractivity contribution < 1.29 is 14.7 Å². The second-order valence-electron chi connectivity index (χ2n) is 8.48. The van der Waals surface area contributed by atoms with Gasteiger partial charge >= 0.3 is 0 Å². The molecule has 4 atom stereocenters. The van der Waals surface area contributed by atoms with E-state index < -0.39 is 5.60 Å². The number of hydrogen-bond donors (Lipinski definition) is 3. The molecule has 0 aromatic rings. The molecule has 0 heterocycles. The molecule has 5 aliphatic carbocycles. The van der Waals surface area contributed by atoms with Gasteiger partial charge in [0.15, 0.2) is 0 Å². The average molecular weight is 306 g/mol. The number of aliphatic hydroxyl groups is 1. The van der Waals surface area contributed by atoms with E-state index in [9.17, 15) is 14.7 Å². The van der Waals surface area contributed by atoms with Crippen LogP contribution < -0.4 is 10.6 Å². The first-order chi connectivity index (χ1) is 10.4. The molecule has 2 amide bonds. The molecule has 2 unspecified atom stereocenters. The molecule has 5 fully saturated rings. The van der Waals surface area contributed by atoms with Crippen LogP contribution in [-0.2, 0) is 9.59 Å². The molecule has 4 bridgehead atoms. The highest BCUT2D eigenvalue weighted by atomic mass is 16.3. The summed E-state index contributed by atoms with van der Waals surface area (Å²) in [5.41, 5.74) is -0.538. The number of nitrogens with one attached hydrogen (secondary N) is 2. The molecule has 5 rings (SSSR count). The van der Waals surface area contributed by atoms with Gasteiger partial charge < -0.3 is 15.7 Å². The zero-order valence-corrected chi connectivity index (χ0v) is 13.1. The van der Waals surface area contributed by atoms with Gasteiger partial charge in [0.05, 0.1) is 12.1 Å². The monoisotopic (exact) mass is 306 g/mol. The van der Waals surface area contributed by atoms with Crippen molar-refractivity contribution in [1.29, 1.82) is 0 Å². The van der Waals surface area contributed by atoms with Crippen molar-refractivity contribution >= 4 is 11.8 Å².